The Kier molecular flexibility index (Phi) is 0.951. The van der Waals surface area contributed by atoms with Crippen LogP contribution >= 0.6 is 0 Å². The minimum absolute atomic E-state index is 0.388. The van der Waals surface area contributed by atoms with Gasteiger partial charge in [0, 0.05) is 36.9 Å². The molecule has 14 heavy (non-hydrogen) atoms. The molecule has 1 aromatic heterocycles. The van der Waals surface area contributed by atoms with Crippen LogP contribution in [0.4, 0.5) is 0 Å². The summed E-state index contributed by atoms with van der Waals surface area (Å²) in [6, 6.07) is 2.13. The van der Waals surface area contributed by atoms with E-state index in [1.54, 1.807) is 0 Å². The first-order valence-corrected chi connectivity index (χ1v) is 4.81. The van der Waals surface area contributed by atoms with Crippen molar-refractivity contribution >= 4 is 6.08 Å². The Labute approximate surface area is 82.0 Å². The normalized spacial score (nSPS) is 24.7. The standard InChI is InChI=1S/C11H9N3/c1-3-12-9-2-4-13-5-6-14-7-8(1)10(9)11(13)14/h1-6,11H,7H2. The molecule has 0 radical (unpaired) electrons. The molecule has 0 spiro atoms. The van der Waals surface area contributed by atoms with E-state index < -0.39 is 0 Å². The lowest BCUT2D eigenvalue weighted by Crippen LogP contribution is -2.24. The first kappa shape index (κ1) is 6.65. The van der Waals surface area contributed by atoms with E-state index in [1.165, 1.54) is 11.1 Å². The van der Waals surface area contributed by atoms with Crippen LogP contribution in [0, 0.1) is 0 Å². The summed E-state index contributed by atoms with van der Waals surface area (Å²) >= 11 is 0. The molecule has 1 aromatic rings. The molecular formula is C11H9N3. The third-order valence-electron chi connectivity index (χ3n) is 3.15. The van der Waals surface area contributed by atoms with Crippen LogP contribution in [0.1, 0.15) is 23.0 Å². The molecule has 0 fully saturated rings. The van der Waals surface area contributed by atoms with Gasteiger partial charge in [-0.15, -0.1) is 0 Å². The van der Waals surface area contributed by atoms with E-state index in [1.807, 2.05) is 6.20 Å². The second-order valence-electron chi connectivity index (χ2n) is 3.88. The third kappa shape index (κ3) is 0.596. The zero-order valence-corrected chi connectivity index (χ0v) is 7.59. The Balaban J connectivity index is 2.06. The van der Waals surface area contributed by atoms with Crippen molar-refractivity contribution in [2.75, 3.05) is 0 Å². The average molecular weight is 183 g/mol. The molecule has 1 atom stereocenters. The van der Waals surface area contributed by atoms with Crippen LogP contribution in [-0.2, 0) is 6.54 Å². The molecule has 68 valence electrons. The minimum Gasteiger partial charge on any atom is -0.348 e. The van der Waals surface area contributed by atoms with E-state index in [9.17, 15) is 0 Å². The van der Waals surface area contributed by atoms with Crippen LogP contribution in [0.25, 0.3) is 6.08 Å². The summed E-state index contributed by atoms with van der Waals surface area (Å²) in [5.41, 5.74) is 3.94. The summed E-state index contributed by atoms with van der Waals surface area (Å²) in [6.45, 7) is 1.02. The van der Waals surface area contributed by atoms with Crippen molar-refractivity contribution in [3.63, 3.8) is 0 Å². The zero-order valence-electron chi connectivity index (χ0n) is 7.59. The molecule has 4 heterocycles. The van der Waals surface area contributed by atoms with Gasteiger partial charge in [0.15, 0.2) is 0 Å². The second kappa shape index (κ2) is 2.00. The lowest BCUT2D eigenvalue weighted by atomic mass is 10.0. The van der Waals surface area contributed by atoms with Gasteiger partial charge in [-0.05, 0) is 17.7 Å². The number of rotatable bonds is 0. The summed E-state index contributed by atoms with van der Waals surface area (Å²) in [5, 5.41) is 0. The van der Waals surface area contributed by atoms with Gasteiger partial charge in [-0.2, -0.15) is 0 Å². The molecule has 3 heteroatoms. The monoisotopic (exact) mass is 183 g/mol. The maximum atomic E-state index is 4.40. The summed E-state index contributed by atoms with van der Waals surface area (Å²) in [6.07, 6.45) is 10.8. The van der Waals surface area contributed by atoms with Gasteiger partial charge in [0.05, 0.1) is 5.69 Å². The van der Waals surface area contributed by atoms with Gasteiger partial charge in [0.1, 0.15) is 6.17 Å². The smallest absolute Gasteiger partial charge is 0.134 e. The number of nitrogens with zero attached hydrogens (tertiary/aromatic N) is 3. The molecule has 0 N–H and O–H groups in total. The molecule has 4 rings (SSSR count). The first-order valence-electron chi connectivity index (χ1n) is 4.81. The zero-order chi connectivity index (χ0) is 9.12. The SMILES string of the molecule is C1=CN2C=CN3Cc4ccnc1c4C23. The Morgan fingerprint density at radius 3 is 3.29 bits per heavy atom. The lowest BCUT2D eigenvalue weighted by molar-refractivity contribution is 0.214. The Morgan fingerprint density at radius 1 is 1.29 bits per heavy atom. The van der Waals surface area contributed by atoms with Gasteiger partial charge in [-0.3, -0.25) is 4.98 Å². The van der Waals surface area contributed by atoms with E-state index in [4.69, 9.17) is 0 Å². The Bertz CT molecular complexity index is 475. The van der Waals surface area contributed by atoms with Crippen molar-refractivity contribution in [3.8, 4) is 0 Å². The molecule has 0 saturated carbocycles. The van der Waals surface area contributed by atoms with Crippen LogP contribution in [0.5, 0.6) is 0 Å². The van der Waals surface area contributed by atoms with Crippen LogP contribution in [0.15, 0.2) is 30.9 Å². The van der Waals surface area contributed by atoms with Crippen molar-refractivity contribution in [3.05, 3.63) is 47.7 Å². The van der Waals surface area contributed by atoms with Gasteiger partial charge < -0.3 is 9.80 Å². The third-order valence-corrected chi connectivity index (χ3v) is 3.15. The highest BCUT2D eigenvalue weighted by atomic mass is 15.4. The summed E-state index contributed by atoms with van der Waals surface area (Å²) in [5.74, 6) is 0. The largest absolute Gasteiger partial charge is 0.348 e. The van der Waals surface area contributed by atoms with Crippen LogP contribution in [0.3, 0.4) is 0 Å². The van der Waals surface area contributed by atoms with Gasteiger partial charge in [-0.25, -0.2) is 0 Å². The Hall–Kier alpha value is -1.77. The highest BCUT2D eigenvalue weighted by Gasteiger charge is 2.38. The number of hydrogen-bond donors (Lipinski definition) is 0. The van der Waals surface area contributed by atoms with Crippen molar-refractivity contribution in [2.45, 2.75) is 12.7 Å². The molecule has 0 amide bonds. The molecule has 0 saturated heterocycles. The topological polar surface area (TPSA) is 19.4 Å². The predicted molar refractivity (Wildman–Crippen MR) is 52.5 cm³/mol. The fourth-order valence-electron chi connectivity index (χ4n) is 2.54. The van der Waals surface area contributed by atoms with Gasteiger partial charge in [-0.1, -0.05) is 0 Å². The molecule has 0 bridgehead atoms. The predicted octanol–water partition coefficient (Wildman–Crippen LogP) is 1.67. The fraction of sp³-hybridized carbons (Fsp3) is 0.182. The number of aromatic nitrogens is 1. The number of pyridine rings is 1. The lowest BCUT2D eigenvalue weighted by Gasteiger charge is -2.27. The Morgan fingerprint density at radius 2 is 2.29 bits per heavy atom. The average Bonchev–Trinajstić information content (AvgIpc) is 2.75. The van der Waals surface area contributed by atoms with E-state index in [0.717, 1.165) is 12.2 Å². The van der Waals surface area contributed by atoms with E-state index >= 15 is 0 Å². The van der Waals surface area contributed by atoms with Crippen LogP contribution in [-0.4, -0.2) is 14.8 Å². The quantitative estimate of drug-likeness (QED) is 0.610. The van der Waals surface area contributed by atoms with Crippen molar-refractivity contribution < 1.29 is 0 Å². The molecule has 0 aliphatic carbocycles. The minimum atomic E-state index is 0.388. The highest BCUT2D eigenvalue weighted by molar-refractivity contribution is 5.57. The van der Waals surface area contributed by atoms with Crippen molar-refractivity contribution in [1.82, 2.24) is 14.8 Å². The molecular weight excluding hydrogens is 174 g/mol. The fourth-order valence-corrected chi connectivity index (χ4v) is 2.54. The highest BCUT2D eigenvalue weighted by Crippen LogP contribution is 2.43. The summed E-state index contributed by atoms with van der Waals surface area (Å²) < 4.78 is 0. The van der Waals surface area contributed by atoms with Gasteiger partial charge in [0.25, 0.3) is 0 Å². The molecule has 3 aliphatic rings. The van der Waals surface area contributed by atoms with Crippen molar-refractivity contribution in [1.29, 1.82) is 0 Å². The summed E-state index contributed by atoms with van der Waals surface area (Å²) in [7, 11) is 0. The molecule has 0 aromatic carbocycles. The van der Waals surface area contributed by atoms with Crippen LogP contribution < -0.4 is 0 Å². The molecule has 3 nitrogen and oxygen atoms in total. The number of hydrogen-bond acceptors (Lipinski definition) is 3. The first-order chi connectivity index (χ1) is 6.93. The van der Waals surface area contributed by atoms with Gasteiger partial charge >= 0.3 is 0 Å². The van der Waals surface area contributed by atoms with Crippen molar-refractivity contribution in [2.24, 2.45) is 0 Å². The van der Waals surface area contributed by atoms with E-state index in [-0.39, 0.29) is 0 Å². The van der Waals surface area contributed by atoms with E-state index in [2.05, 4.69) is 45.5 Å². The van der Waals surface area contributed by atoms with Gasteiger partial charge in [0.2, 0.25) is 0 Å². The molecule has 1 unspecified atom stereocenters. The second-order valence-corrected chi connectivity index (χ2v) is 3.88. The van der Waals surface area contributed by atoms with Crippen LogP contribution in [0.2, 0.25) is 0 Å². The summed E-state index contributed by atoms with van der Waals surface area (Å²) in [4.78, 5) is 8.98. The maximum Gasteiger partial charge on any atom is 0.134 e. The maximum absolute atomic E-state index is 4.40. The molecule has 3 aliphatic heterocycles. The van der Waals surface area contributed by atoms with E-state index in [0.29, 0.717) is 6.17 Å².